The summed E-state index contributed by atoms with van der Waals surface area (Å²) in [4.78, 5) is 32.8. The van der Waals surface area contributed by atoms with Crippen molar-refractivity contribution in [3.05, 3.63) is 35.0 Å². The summed E-state index contributed by atoms with van der Waals surface area (Å²) in [5.74, 6) is 3.80. The lowest BCUT2D eigenvalue weighted by molar-refractivity contribution is 0.0732. The van der Waals surface area contributed by atoms with Crippen LogP contribution in [0.25, 0.3) is 0 Å². The molecule has 0 aliphatic carbocycles. The van der Waals surface area contributed by atoms with Crippen molar-refractivity contribution in [2.45, 2.75) is 32.7 Å². The van der Waals surface area contributed by atoms with E-state index in [0.717, 1.165) is 74.6 Å². The number of ether oxygens (including phenoxy) is 2. The lowest BCUT2D eigenvalue weighted by Gasteiger charge is -2.38. The minimum absolute atomic E-state index is 0.0312. The number of fused-ring (bicyclic) bond motifs is 1. The Morgan fingerprint density at radius 1 is 0.889 bits per heavy atom. The van der Waals surface area contributed by atoms with Gasteiger partial charge in [-0.3, -0.25) is 4.79 Å². The SMILES string of the molecule is COc1cc(OC)cc(C(=O)N2CCc3nc(N4CCC(C)CC4)nc(N4CCN(C)CC4)c3C2)c1. The minimum Gasteiger partial charge on any atom is -0.497 e. The van der Waals surface area contributed by atoms with Crippen LogP contribution < -0.4 is 19.3 Å². The van der Waals surface area contributed by atoms with E-state index in [-0.39, 0.29) is 5.91 Å². The fourth-order valence-corrected chi connectivity index (χ4v) is 5.30. The fourth-order valence-electron chi connectivity index (χ4n) is 5.30. The lowest BCUT2D eigenvalue weighted by Crippen LogP contribution is -2.46. The van der Waals surface area contributed by atoms with Crippen LogP contribution in [-0.4, -0.2) is 92.8 Å². The van der Waals surface area contributed by atoms with Gasteiger partial charge >= 0.3 is 0 Å². The van der Waals surface area contributed by atoms with Crippen LogP contribution >= 0.6 is 0 Å². The molecule has 2 fully saturated rings. The van der Waals surface area contributed by atoms with Crippen LogP contribution in [0.15, 0.2) is 18.2 Å². The van der Waals surface area contributed by atoms with E-state index >= 15 is 0 Å². The zero-order valence-corrected chi connectivity index (χ0v) is 22.0. The van der Waals surface area contributed by atoms with E-state index in [4.69, 9.17) is 19.4 Å². The summed E-state index contributed by atoms with van der Waals surface area (Å²) in [6, 6.07) is 5.34. The van der Waals surface area contributed by atoms with E-state index in [2.05, 4.69) is 28.7 Å². The maximum atomic E-state index is 13.6. The van der Waals surface area contributed by atoms with E-state index in [1.807, 2.05) is 4.90 Å². The summed E-state index contributed by atoms with van der Waals surface area (Å²) >= 11 is 0. The zero-order valence-electron chi connectivity index (χ0n) is 22.0. The van der Waals surface area contributed by atoms with E-state index in [1.54, 1.807) is 32.4 Å². The van der Waals surface area contributed by atoms with Crippen LogP contribution in [0.2, 0.25) is 0 Å². The number of aromatic nitrogens is 2. The number of likely N-dealkylation sites (N-methyl/N-ethyl adjacent to an activating group) is 1. The number of benzene rings is 1. The average Bonchev–Trinajstić information content (AvgIpc) is 2.92. The Bertz CT molecular complexity index is 1070. The van der Waals surface area contributed by atoms with Crippen molar-refractivity contribution in [3.63, 3.8) is 0 Å². The largest absolute Gasteiger partial charge is 0.497 e. The first-order chi connectivity index (χ1) is 17.4. The third-order valence-corrected chi connectivity index (χ3v) is 7.78. The number of hydrogen-bond acceptors (Lipinski definition) is 8. The van der Waals surface area contributed by atoms with Crippen LogP contribution in [-0.2, 0) is 13.0 Å². The average molecular weight is 495 g/mol. The first-order valence-electron chi connectivity index (χ1n) is 13.1. The summed E-state index contributed by atoms with van der Waals surface area (Å²) in [5, 5.41) is 0. The molecule has 9 heteroatoms. The normalized spacial score (nSPS) is 19.3. The number of nitrogens with zero attached hydrogens (tertiary/aromatic N) is 6. The van der Waals surface area contributed by atoms with Crippen molar-refractivity contribution in [1.82, 2.24) is 19.8 Å². The second-order valence-electron chi connectivity index (χ2n) is 10.3. The molecule has 3 aliphatic heterocycles. The van der Waals surface area contributed by atoms with Gasteiger partial charge in [0, 0.05) is 69.4 Å². The molecule has 36 heavy (non-hydrogen) atoms. The highest BCUT2D eigenvalue weighted by Crippen LogP contribution is 2.32. The summed E-state index contributed by atoms with van der Waals surface area (Å²) in [6.07, 6.45) is 3.08. The molecule has 0 N–H and O–H groups in total. The van der Waals surface area contributed by atoms with E-state index in [0.29, 0.717) is 30.2 Å². The minimum atomic E-state index is -0.0312. The first kappa shape index (κ1) is 24.6. The Morgan fingerprint density at radius 2 is 1.56 bits per heavy atom. The molecule has 2 aromatic rings. The fraction of sp³-hybridized carbons (Fsp3) is 0.593. The molecule has 4 heterocycles. The number of piperazine rings is 1. The van der Waals surface area contributed by atoms with Gasteiger partial charge in [-0.25, -0.2) is 4.98 Å². The van der Waals surface area contributed by atoms with E-state index in [1.165, 1.54) is 12.8 Å². The predicted molar refractivity (Wildman–Crippen MR) is 140 cm³/mol. The number of carbonyl (C=O) groups excluding carboxylic acids is 1. The number of anilines is 2. The number of methoxy groups -OCH3 is 2. The molecule has 0 saturated carbocycles. The summed E-state index contributed by atoms with van der Waals surface area (Å²) in [7, 11) is 5.36. The molecule has 1 amide bonds. The Balaban J connectivity index is 1.45. The van der Waals surface area contributed by atoms with Crippen molar-refractivity contribution in [2.24, 2.45) is 5.92 Å². The van der Waals surface area contributed by atoms with Gasteiger partial charge in [0.15, 0.2) is 0 Å². The van der Waals surface area contributed by atoms with Crippen LogP contribution in [0.5, 0.6) is 11.5 Å². The molecular weight excluding hydrogens is 456 g/mol. The third kappa shape index (κ3) is 5.07. The van der Waals surface area contributed by atoms with Crippen molar-refractivity contribution < 1.29 is 14.3 Å². The van der Waals surface area contributed by atoms with Gasteiger partial charge in [0.25, 0.3) is 5.91 Å². The molecule has 9 nitrogen and oxygen atoms in total. The topological polar surface area (TPSA) is 74.3 Å². The quantitative estimate of drug-likeness (QED) is 0.628. The van der Waals surface area contributed by atoms with Crippen LogP contribution in [0.1, 0.15) is 41.4 Å². The van der Waals surface area contributed by atoms with Gasteiger partial charge in [-0.15, -0.1) is 0 Å². The third-order valence-electron chi connectivity index (χ3n) is 7.78. The summed E-state index contributed by atoms with van der Waals surface area (Å²) in [6.45, 7) is 9.32. The molecule has 0 unspecified atom stereocenters. The molecule has 5 rings (SSSR count). The standard InChI is InChI=1S/C27H38N6O3/c1-19-5-8-32(9-6-19)27-28-24-7-10-33(26(34)20-15-21(35-3)17-22(16-20)36-4)18-23(24)25(29-27)31-13-11-30(2)12-14-31/h15-17,19H,5-14,18H2,1-4H3. The van der Waals surface area contributed by atoms with Gasteiger partial charge in [-0.05, 0) is 37.9 Å². The zero-order chi connectivity index (χ0) is 25.2. The second kappa shape index (κ2) is 10.5. The van der Waals surface area contributed by atoms with Gasteiger partial charge in [-0.1, -0.05) is 6.92 Å². The highest BCUT2D eigenvalue weighted by atomic mass is 16.5. The number of amides is 1. The maximum Gasteiger partial charge on any atom is 0.254 e. The maximum absolute atomic E-state index is 13.6. The Labute approximate surface area is 214 Å². The Kier molecular flexibility index (Phi) is 7.18. The molecule has 0 atom stereocenters. The molecule has 0 radical (unpaired) electrons. The molecule has 0 bridgehead atoms. The monoisotopic (exact) mass is 494 g/mol. The lowest BCUT2D eigenvalue weighted by atomic mass is 9.99. The smallest absolute Gasteiger partial charge is 0.254 e. The number of rotatable bonds is 5. The molecule has 2 saturated heterocycles. The number of piperidine rings is 1. The van der Waals surface area contributed by atoms with Gasteiger partial charge in [0.2, 0.25) is 5.95 Å². The number of hydrogen-bond donors (Lipinski definition) is 0. The molecule has 1 aromatic carbocycles. The predicted octanol–water partition coefficient (Wildman–Crippen LogP) is 2.68. The van der Waals surface area contributed by atoms with Crippen LogP contribution in [0.3, 0.4) is 0 Å². The van der Waals surface area contributed by atoms with Gasteiger partial charge < -0.3 is 29.1 Å². The summed E-state index contributed by atoms with van der Waals surface area (Å²) in [5.41, 5.74) is 2.73. The Morgan fingerprint density at radius 3 is 2.19 bits per heavy atom. The van der Waals surface area contributed by atoms with E-state index in [9.17, 15) is 4.79 Å². The molecule has 1 aromatic heterocycles. The molecule has 0 spiro atoms. The van der Waals surface area contributed by atoms with E-state index < -0.39 is 0 Å². The van der Waals surface area contributed by atoms with Crippen molar-refractivity contribution in [3.8, 4) is 11.5 Å². The highest BCUT2D eigenvalue weighted by Gasteiger charge is 2.31. The van der Waals surface area contributed by atoms with Gasteiger partial charge in [0.1, 0.15) is 17.3 Å². The number of carbonyl (C=O) groups is 1. The van der Waals surface area contributed by atoms with Gasteiger partial charge in [0.05, 0.1) is 26.5 Å². The van der Waals surface area contributed by atoms with Crippen LogP contribution in [0.4, 0.5) is 11.8 Å². The van der Waals surface area contributed by atoms with Crippen LogP contribution in [0, 0.1) is 5.92 Å². The summed E-state index contributed by atoms with van der Waals surface area (Å²) < 4.78 is 10.8. The molecule has 194 valence electrons. The Hall–Kier alpha value is -3.07. The van der Waals surface area contributed by atoms with Crippen molar-refractivity contribution in [1.29, 1.82) is 0 Å². The molecular formula is C27H38N6O3. The first-order valence-corrected chi connectivity index (χ1v) is 13.1. The molecule has 3 aliphatic rings. The van der Waals surface area contributed by atoms with Crippen molar-refractivity contribution in [2.75, 3.05) is 76.9 Å². The van der Waals surface area contributed by atoms with Gasteiger partial charge in [-0.2, -0.15) is 4.98 Å². The second-order valence-corrected chi connectivity index (χ2v) is 10.3. The highest BCUT2D eigenvalue weighted by molar-refractivity contribution is 5.95. The van der Waals surface area contributed by atoms with Crippen molar-refractivity contribution >= 4 is 17.7 Å².